The molecule has 0 amide bonds. The van der Waals surface area contributed by atoms with E-state index < -0.39 is 0 Å². The summed E-state index contributed by atoms with van der Waals surface area (Å²) in [6, 6.07) is 11.1. The van der Waals surface area contributed by atoms with E-state index in [2.05, 4.69) is 27.3 Å². The first-order valence-electron chi connectivity index (χ1n) is 6.37. The average molecular weight is 338 g/mol. The summed E-state index contributed by atoms with van der Waals surface area (Å²) in [5, 5.41) is 3.40. The zero-order valence-electron chi connectivity index (χ0n) is 11.7. The van der Waals surface area contributed by atoms with Crippen LogP contribution < -0.4 is 10.1 Å². The first kappa shape index (κ1) is 14.9. The Bertz CT molecular complexity index is 615. The molecule has 2 aromatic rings. The van der Waals surface area contributed by atoms with E-state index in [1.807, 2.05) is 26.0 Å². The molecule has 0 saturated carbocycles. The lowest BCUT2D eigenvalue weighted by molar-refractivity contribution is 0.385. The van der Waals surface area contributed by atoms with Crippen LogP contribution in [-0.4, -0.2) is 7.11 Å². The Morgan fingerprint density at radius 3 is 2.60 bits per heavy atom. The number of hydrogen-bond acceptors (Lipinski definition) is 2. The van der Waals surface area contributed by atoms with Gasteiger partial charge >= 0.3 is 0 Å². The summed E-state index contributed by atoms with van der Waals surface area (Å²) in [5.74, 6) is -0.0842. The van der Waals surface area contributed by atoms with Crippen molar-refractivity contribution in [1.29, 1.82) is 0 Å². The lowest BCUT2D eigenvalue weighted by Gasteiger charge is -2.18. The summed E-state index contributed by atoms with van der Waals surface area (Å²) in [6.45, 7) is 4.07. The fourth-order valence-corrected chi connectivity index (χ4v) is 2.61. The molecule has 106 valence electrons. The third kappa shape index (κ3) is 3.31. The molecule has 2 rings (SSSR count). The van der Waals surface area contributed by atoms with E-state index in [-0.39, 0.29) is 17.6 Å². The van der Waals surface area contributed by atoms with Gasteiger partial charge in [0.05, 0.1) is 7.11 Å². The zero-order valence-corrected chi connectivity index (χ0v) is 13.3. The highest BCUT2D eigenvalue weighted by Gasteiger charge is 2.11. The Labute approximate surface area is 127 Å². The second kappa shape index (κ2) is 6.27. The summed E-state index contributed by atoms with van der Waals surface area (Å²) < 4.78 is 19.4. The third-order valence-corrected chi connectivity index (χ3v) is 3.83. The van der Waals surface area contributed by atoms with Crippen LogP contribution in [0.15, 0.2) is 40.9 Å². The van der Waals surface area contributed by atoms with Crippen molar-refractivity contribution >= 4 is 21.6 Å². The van der Waals surface area contributed by atoms with Crippen molar-refractivity contribution in [2.24, 2.45) is 0 Å². The molecule has 1 N–H and O–H groups in total. The van der Waals surface area contributed by atoms with Crippen molar-refractivity contribution < 1.29 is 9.13 Å². The minimum atomic E-state index is -0.347. The van der Waals surface area contributed by atoms with Gasteiger partial charge < -0.3 is 10.1 Å². The van der Waals surface area contributed by atoms with Crippen LogP contribution in [0.1, 0.15) is 24.1 Å². The van der Waals surface area contributed by atoms with Crippen molar-refractivity contribution in [3.63, 3.8) is 0 Å². The number of ether oxygens (including phenoxy) is 1. The summed E-state index contributed by atoms with van der Waals surface area (Å²) in [5.41, 5.74) is 3.17. The van der Waals surface area contributed by atoms with Crippen molar-refractivity contribution in [3.05, 3.63) is 57.8 Å². The maximum absolute atomic E-state index is 13.4. The van der Waals surface area contributed by atoms with Crippen LogP contribution in [0.4, 0.5) is 10.1 Å². The normalized spacial score (nSPS) is 12.1. The van der Waals surface area contributed by atoms with Gasteiger partial charge in [0.25, 0.3) is 0 Å². The van der Waals surface area contributed by atoms with E-state index >= 15 is 0 Å². The lowest BCUT2D eigenvalue weighted by atomic mass is 10.1. The summed E-state index contributed by atoms with van der Waals surface area (Å²) in [6.07, 6.45) is 0. The average Bonchev–Trinajstić information content (AvgIpc) is 2.42. The third-order valence-electron chi connectivity index (χ3n) is 3.17. The van der Waals surface area contributed by atoms with Gasteiger partial charge in [0.1, 0.15) is 0 Å². The second-order valence-electron chi connectivity index (χ2n) is 4.74. The smallest absolute Gasteiger partial charge is 0.165 e. The van der Waals surface area contributed by atoms with Gasteiger partial charge in [0.2, 0.25) is 0 Å². The Morgan fingerprint density at radius 1 is 1.20 bits per heavy atom. The molecule has 0 bridgehead atoms. The first-order valence-corrected chi connectivity index (χ1v) is 7.16. The van der Waals surface area contributed by atoms with E-state index in [4.69, 9.17) is 4.74 Å². The quantitative estimate of drug-likeness (QED) is 0.840. The summed E-state index contributed by atoms with van der Waals surface area (Å²) in [4.78, 5) is 0. The Hall–Kier alpha value is -1.55. The maximum Gasteiger partial charge on any atom is 0.165 e. The van der Waals surface area contributed by atoms with Crippen molar-refractivity contribution in [2.45, 2.75) is 19.9 Å². The van der Waals surface area contributed by atoms with Crippen LogP contribution in [0.2, 0.25) is 0 Å². The number of nitrogens with one attached hydrogen (secondary N) is 1. The van der Waals surface area contributed by atoms with Gasteiger partial charge in [-0.1, -0.05) is 12.1 Å². The number of anilines is 1. The van der Waals surface area contributed by atoms with Gasteiger partial charge in [-0.2, -0.15) is 0 Å². The number of benzene rings is 2. The molecule has 0 aliphatic heterocycles. The largest absolute Gasteiger partial charge is 0.494 e. The number of methoxy groups -OCH3 is 1. The molecule has 0 aliphatic rings. The van der Waals surface area contributed by atoms with Crippen LogP contribution in [0.25, 0.3) is 0 Å². The van der Waals surface area contributed by atoms with Gasteiger partial charge in [-0.25, -0.2) is 4.39 Å². The molecule has 1 atom stereocenters. The highest BCUT2D eigenvalue weighted by molar-refractivity contribution is 9.10. The van der Waals surface area contributed by atoms with Crippen molar-refractivity contribution in [2.75, 3.05) is 12.4 Å². The number of aryl methyl sites for hydroxylation is 1. The van der Waals surface area contributed by atoms with Gasteiger partial charge in [-0.15, -0.1) is 0 Å². The molecule has 0 saturated heterocycles. The topological polar surface area (TPSA) is 21.3 Å². The molecule has 2 aromatic carbocycles. The molecule has 1 unspecified atom stereocenters. The predicted octanol–water partition coefficient (Wildman–Crippen LogP) is 5.08. The van der Waals surface area contributed by atoms with Gasteiger partial charge in [0.15, 0.2) is 11.6 Å². The maximum atomic E-state index is 13.4. The zero-order chi connectivity index (χ0) is 14.7. The molecule has 0 radical (unpaired) electrons. The van der Waals surface area contributed by atoms with Crippen molar-refractivity contribution in [3.8, 4) is 5.75 Å². The van der Waals surface area contributed by atoms with Crippen LogP contribution >= 0.6 is 15.9 Å². The van der Waals surface area contributed by atoms with Gasteiger partial charge in [-0.3, -0.25) is 0 Å². The standard InChI is InChI=1S/C16H17BrFNO/c1-10-4-7-15(13(17)8-10)19-11(2)12-5-6-14(18)16(9-12)20-3/h4-9,11,19H,1-3H3. The van der Waals surface area contributed by atoms with Crippen LogP contribution in [0.5, 0.6) is 5.75 Å². The Balaban J connectivity index is 2.21. The SMILES string of the molecule is COc1cc(C(C)Nc2ccc(C)cc2Br)ccc1F. The predicted molar refractivity (Wildman–Crippen MR) is 83.9 cm³/mol. The molecule has 0 aromatic heterocycles. The van der Waals surface area contributed by atoms with E-state index in [1.54, 1.807) is 12.1 Å². The fourth-order valence-electron chi connectivity index (χ4n) is 2.00. The van der Waals surface area contributed by atoms with E-state index in [1.165, 1.54) is 18.7 Å². The molecule has 0 aliphatic carbocycles. The summed E-state index contributed by atoms with van der Waals surface area (Å²) in [7, 11) is 1.47. The fraction of sp³-hybridized carbons (Fsp3) is 0.250. The van der Waals surface area contributed by atoms with E-state index in [0.717, 1.165) is 15.7 Å². The molecule has 20 heavy (non-hydrogen) atoms. The molecule has 0 spiro atoms. The Morgan fingerprint density at radius 2 is 1.95 bits per heavy atom. The minimum absolute atomic E-state index is 0.0449. The molecular formula is C16H17BrFNO. The monoisotopic (exact) mass is 337 g/mol. The number of halogens is 2. The summed E-state index contributed by atoms with van der Waals surface area (Å²) >= 11 is 3.54. The molecule has 0 heterocycles. The van der Waals surface area contributed by atoms with Crippen LogP contribution in [0, 0.1) is 12.7 Å². The van der Waals surface area contributed by atoms with Gasteiger partial charge in [-0.05, 0) is 65.2 Å². The number of rotatable bonds is 4. The molecule has 0 fully saturated rings. The minimum Gasteiger partial charge on any atom is -0.494 e. The highest BCUT2D eigenvalue weighted by Crippen LogP contribution is 2.29. The van der Waals surface area contributed by atoms with Crippen molar-refractivity contribution in [1.82, 2.24) is 0 Å². The second-order valence-corrected chi connectivity index (χ2v) is 5.60. The highest BCUT2D eigenvalue weighted by atomic mass is 79.9. The van der Waals surface area contributed by atoms with E-state index in [9.17, 15) is 4.39 Å². The van der Waals surface area contributed by atoms with E-state index in [0.29, 0.717) is 0 Å². The molecule has 4 heteroatoms. The van der Waals surface area contributed by atoms with Crippen LogP contribution in [-0.2, 0) is 0 Å². The molecule has 2 nitrogen and oxygen atoms in total. The van der Waals surface area contributed by atoms with Gasteiger partial charge in [0, 0.05) is 16.2 Å². The van der Waals surface area contributed by atoms with Crippen LogP contribution in [0.3, 0.4) is 0 Å². The Kier molecular flexibility index (Phi) is 4.65. The first-order chi connectivity index (χ1) is 9.51. The lowest BCUT2D eigenvalue weighted by Crippen LogP contribution is -2.07. The number of hydrogen-bond donors (Lipinski definition) is 1. The molecular weight excluding hydrogens is 321 g/mol.